The number of hydrogen-bond acceptors (Lipinski definition) is 4. The first-order valence-corrected chi connectivity index (χ1v) is 10.0. The Kier molecular flexibility index (Phi) is 7.18. The van der Waals surface area contributed by atoms with Crippen LogP contribution in [-0.2, 0) is 11.2 Å². The molecule has 0 saturated carbocycles. The van der Waals surface area contributed by atoms with Crippen molar-refractivity contribution in [1.82, 2.24) is 4.90 Å². The summed E-state index contributed by atoms with van der Waals surface area (Å²) in [5, 5.41) is 12.8. The first kappa shape index (κ1) is 20.5. The molecule has 0 bridgehead atoms. The number of methoxy groups -OCH3 is 1. The third kappa shape index (κ3) is 5.88. The average molecular weight is 403 g/mol. The van der Waals surface area contributed by atoms with Gasteiger partial charge in [0.1, 0.15) is 11.5 Å². The van der Waals surface area contributed by atoms with Crippen molar-refractivity contribution in [3.63, 3.8) is 0 Å². The summed E-state index contributed by atoms with van der Waals surface area (Å²) in [5.41, 5.74) is 1.86. The molecule has 0 aliphatic carbocycles. The molecule has 2 N–H and O–H groups in total. The Labute approximate surface area is 171 Å². The first-order chi connectivity index (χ1) is 13.5. The minimum Gasteiger partial charge on any atom is -0.508 e. The van der Waals surface area contributed by atoms with Gasteiger partial charge in [0.2, 0.25) is 5.91 Å². The summed E-state index contributed by atoms with van der Waals surface area (Å²) in [5.74, 6) is 1.54. The molecule has 0 aromatic heterocycles. The standard InChI is InChI=1S/C22H27ClN2O3/c1-28-21-9-6-18(23)14-20(21)24-22(27)15-25-12-10-17(11-13-25)3-2-16-4-7-19(26)8-5-16/h4-9,14,17,26H,2-3,10-13,15H2,1H3,(H,24,27). The van der Waals surface area contributed by atoms with E-state index in [4.69, 9.17) is 16.3 Å². The van der Waals surface area contributed by atoms with E-state index in [0.29, 0.717) is 34.7 Å². The molecule has 1 aliphatic heterocycles. The molecule has 0 radical (unpaired) electrons. The van der Waals surface area contributed by atoms with Crippen molar-refractivity contribution < 1.29 is 14.6 Å². The van der Waals surface area contributed by atoms with Crippen LogP contribution in [0.15, 0.2) is 42.5 Å². The Morgan fingerprint density at radius 3 is 2.61 bits per heavy atom. The molecule has 150 valence electrons. The molecule has 1 amide bonds. The summed E-state index contributed by atoms with van der Waals surface area (Å²) in [6.45, 7) is 2.24. The third-order valence-corrected chi connectivity index (χ3v) is 5.52. The van der Waals surface area contributed by atoms with Gasteiger partial charge < -0.3 is 15.2 Å². The van der Waals surface area contributed by atoms with Crippen LogP contribution in [0, 0.1) is 5.92 Å². The molecule has 1 fully saturated rings. The number of likely N-dealkylation sites (tertiary alicyclic amines) is 1. The van der Waals surface area contributed by atoms with Gasteiger partial charge in [-0.1, -0.05) is 23.7 Å². The Hall–Kier alpha value is -2.24. The summed E-state index contributed by atoms with van der Waals surface area (Å²) >= 11 is 6.02. The van der Waals surface area contributed by atoms with E-state index in [-0.39, 0.29) is 5.91 Å². The van der Waals surface area contributed by atoms with Crippen LogP contribution in [0.1, 0.15) is 24.8 Å². The van der Waals surface area contributed by atoms with Crippen LogP contribution < -0.4 is 10.1 Å². The van der Waals surface area contributed by atoms with Gasteiger partial charge in [0, 0.05) is 5.02 Å². The highest BCUT2D eigenvalue weighted by Crippen LogP contribution is 2.28. The van der Waals surface area contributed by atoms with Crippen LogP contribution in [0.25, 0.3) is 0 Å². The lowest BCUT2D eigenvalue weighted by Crippen LogP contribution is -2.39. The highest BCUT2D eigenvalue weighted by atomic mass is 35.5. The maximum atomic E-state index is 12.4. The number of benzene rings is 2. The molecule has 28 heavy (non-hydrogen) atoms. The second kappa shape index (κ2) is 9.80. The fraction of sp³-hybridized carbons (Fsp3) is 0.409. The van der Waals surface area contributed by atoms with Crippen molar-refractivity contribution in [2.24, 2.45) is 5.92 Å². The number of anilines is 1. The lowest BCUT2D eigenvalue weighted by molar-refractivity contribution is -0.117. The van der Waals surface area contributed by atoms with Gasteiger partial charge in [0.25, 0.3) is 0 Å². The van der Waals surface area contributed by atoms with Crippen LogP contribution in [0.4, 0.5) is 5.69 Å². The quantitative estimate of drug-likeness (QED) is 0.723. The molecule has 3 rings (SSSR count). The topological polar surface area (TPSA) is 61.8 Å². The number of rotatable bonds is 7. The maximum absolute atomic E-state index is 12.4. The Bertz CT molecular complexity index is 787. The third-order valence-electron chi connectivity index (χ3n) is 5.29. The Balaban J connectivity index is 1.42. The van der Waals surface area contributed by atoms with Gasteiger partial charge in [-0.05, 0) is 80.6 Å². The normalized spacial score (nSPS) is 15.4. The van der Waals surface area contributed by atoms with Gasteiger partial charge in [0.15, 0.2) is 0 Å². The predicted molar refractivity (Wildman–Crippen MR) is 112 cm³/mol. The number of halogens is 1. The number of phenols is 1. The van der Waals surface area contributed by atoms with E-state index in [1.807, 2.05) is 12.1 Å². The van der Waals surface area contributed by atoms with Crippen molar-refractivity contribution in [1.29, 1.82) is 0 Å². The summed E-state index contributed by atoms with van der Waals surface area (Å²) in [6.07, 6.45) is 4.38. The number of amides is 1. The fourth-order valence-corrected chi connectivity index (χ4v) is 3.81. The second-order valence-electron chi connectivity index (χ2n) is 7.32. The van der Waals surface area contributed by atoms with Gasteiger partial charge in [-0.3, -0.25) is 9.69 Å². The van der Waals surface area contributed by atoms with Gasteiger partial charge in [0.05, 0.1) is 19.3 Å². The minimum absolute atomic E-state index is 0.0527. The second-order valence-corrected chi connectivity index (χ2v) is 7.75. The molecule has 6 heteroatoms. The molecule has 1 aliphatic rings. The summed E-state index contributed by atoms with van der Waals surface area (Å²) < 4.78 is 5.27. The molecule has 0 atom stereocenters. The molecular weight excluding hydrogens is 376 g/mol. The molecule has 0 unspecified atom stereocenters. The predicted octanol–water partition coefficient (Wildman–Crippen LogP) is 4.34. The van der Waals surface area contributed by atoms with Crippen LogP contribution in [-0.4, -0.2) is 42.7 Å². The number of carbonyl (C=O) groups is 1. The number of phenolic OH excluding ortho intramolecular Hbond substituents is 1. The zero-order chi connectivity index (χ0) is 19.9. The molecule has 2 aromatic rings. The van der Waals surface area contributed by atoms with E-state index >= 15 is 0 Å². The maximum Gasteiger partial charge on any atom is 0.238 e. The molecule has 2 aromatic carbocycles. The van der Waals surface area contributed by atoms with Crippen LogP contribution in [0.3, 0.4) is 0 Å². The highest BCUT2D eigenvalue weighted by molar-refractivity contribution is 6.31. The number of nitrogens with one attached hydrogen (secondary N) is 1. The van der Waals surface area contributed by atoms with E-state index in [9.17, 15) is 9.90 Å². The van der Waals surface area contributed by atoms with Crippen molar-refractivity contribution in [3.05, 3.63) is 53.1 Å². The number of hydrogen-bond donors (Lipinski definition) is 2. The monoisotopic (exact) mass is 402 g/mol. The first-order valence-electron chi connectivity index (χ1n) is 9.67. The van der Waals surface area contributed by atoms with E-state index in [1.165, 1.54) is 5.56 Å². The summed E-state index contributed by atoms with van der Waals surface area (Å²) in [6, 6.07) is 12.6. The molecular formula is C22H27ClN2O3. The molecule has 1 saturated heterocycles. The molecule has 5 nitrogen and oxygen atoms in total. The van der Waals surface area contributed by atoms with Crippen LogP contribution in [0.2, 0.25) is 5.02 Å². The fourth-order valence-electron chi connectivity index (χ4n) is 3.64. The van der Waals surface area contributed by atoms with Crippen LogP contribution in [0.5, 0.6) is 11.5 Å². The largest absolute Gasteiger partial charge is 0.508 e. The molecule has 0 spiro atoms. The number of aryl methyl sites for hydroxylation is 1. The van der Waals surface area contributed by atoms with Crippen LogP contribution >= 0.6 is 11.6 Å². The van der Waals surface area contributed by atoms with E-state index < -0.39 is 0 Å². The lowest BCUT2D eigenvalue weighted by Gasteiger charge is -2.31. The minimum atomic E-state index is -0.0527. The van der Waals surface area contributed by atoms with E-state index in [1.54, 1.807) is 37.4 Å². The lowest BCUT2D eigenvalue weighted by atomic mass is 9.90. The van der Waals surface area contributed by atoms with Gasteiger partial charge in [-0.2, -0.15) is 0 Å². The molecule has 1 heterocycles. The zero-order valence-electron chi connectivity index (χ0n) is 16.2. The van der Waals surface area contributed by atoms with Crippen molar-refractivity contribution in [2.45, 2.75) is 25.7 Å². The van der Waals surface area contributed by atoms with Crippen molar-refractivity contribution >= 4 is 23.2 Å². The zero-order valence-corrected chi connectivity index (χ0v) is 16.9. The Morgan fingerprint density at radius 2 is 1.93 bits per heavy atom. The number of ether oxygens (including phenoxy) is 1. The number of nitrogens with zero attached hydrogens (tertiary/aromatic N) is 1. The number of piperidine rings is 1. The summed E-state index contributed by atoms with van der Waals surface area (Å²) in [4.78, 5) is 14.6. The van der Waals surface area contributed by atoms with Crippen molar-refractivity contribution in [2.75, 3.05) is 32.1 Å². The summed E-state index contributed by atoms with van der Waals surface area (Å²) in [7, 11) is 1.57. The van der Waals surface area contributed by atoms with Gasteiger partial charge >= 0.3 is 0 Å². The average Bonchev–Trinajstić information content (AvgIpc) is 2.69. The Morgan fingerprint density at radius 1 is 1.21 bits per heavy atom. The smallest absolute Gasteiger partial charge is 0.238 e. The van der Waals surface area contributed by atoms with Gasteiger partial charge in [-0.15, -0.1) is 0 Å². The van der Waals surface area contributed by atoms with Gasteiger partial charge in [-0.25, -0.2) is 0 Å². The SMILES string of the molecule is COc1ccc(Cl)cc1NC(=O)CN1CCC(CCc2ccc(O)cc2)CC1. The number of carbonyl (C=O) groups excluding carboxylic acids is 1. The number of aromatic hydroxyl groups is 1. The van der Waals surface area contributed by atoms with E-state index in [2.05, 4.69) is 10.2 Å². The highest BCUT2D eigenvalue weighted by Gasteiger charge is 2.21. The van der Waals surface area contributed by atoms with E-state index in [0.717, 1.165) is 38.8 Å². The van der Waals surface area contributed by atoms with Crippen molar-refractivity contribution in [3.8, 4) is 11.5 Å².